The van der Waals surface area contributed by atoms with Crippen LogP contribution in [0.3, 0.4) is 0 Å². The van der Waals surface area contributed by atoms with Crippen molar-refractivity contribution < 1.29 is 4.79 Å². The lowest BCUT2D eigenvalue weighted by atomic mass is 9.95. The van der Waals surface area contributed by atoms with Gasteiger partial charge in [0.05, 0.1) is 0 Å². The lowest BCUT2D eigenvalue weighted by molar-refractivity contribution is -0.126. The van der Waals surface area contributed by atoms with Crippen molar-refractivity contribution in [2.24, 2.45) is 5.92 Å². The molecule has 1 heterocycles. The quantitative estimate of drug-likeness (QED) is 0.612. The second-order valence-corrected chi connectivity index (χ2v) is 8.59. The normalized spacial score (nSPS) is 15.4. The molecule has 2 aromatic rings. The summed E-state index contributed by atoms with van der Waals surface area (Å²) in [5, 5.41) is 4.59. The van der Waals surface area contributed by atoms with Gasteiger partial charge in [0.1, 0.15) is 0 Å². The second kappa shape index (κ2) is 10.5. The summed E-state index contributed by atoms with van der Waals surface area (Å²) < 4.78 is 0. The maximum Gasteiger partial charge on any atom is 0.223 e. The van der Waals surface area contributed by atoms with Crippen molar-refractivity contribution in [3.8, 4) is 0 Å². The number of piperidine rings is 1. The van der Waals surface area contributed by atoms with E-state index in [0.717, 1.165) is 50.9 Å². The molecule has 156 valence electrons. The Morgan fingerprint density at radius 1 is 1.03 bits per heavy atom. The lowest BCUT2D eigenvalue weighted by Crippen LogP contribution is -2.40. The first-order chi connectivity index (χ1) is 14.0. The molecule has 0 atom stereocenters. The van der Waals surface area contributed by atoms with Gasteiger partial charge >= 0.3 is 0 Å². The van der Waals surface area contributed by atoms with Crippen LogP contribution in [-0.2, 0) is 30.7 Å². The van der Waals surface area contributed by atoms with Crippen molar-refractivity contribution in [3.63, 3.8) is 0 Å². The monoisotopic (exact) mass is 432 g/mol. The van der Waals surface area contributed by atoms with Crippen LogP contribution in [0.4, 0.5) is 0 Å². The van der Waals surface area contributed by atoms with Gasteiger partial charge in [-0.05, 0) is 67.6 Å². The van der Waals surface area contributed by atoms with E-state index in [-0.39, 0.29) is 11.8 Å². The minimum absolute atomic E-state index is 0.0763. The molecule has 2 aromatic carbocycles. The zero-order valence-corrected chi connectivity index (χ0v) is 18.8. The van der Waals surface area contributed by atoms with Crippen molar-refractivity contribution in [1.82, 2.24) is 10.2 Å². The smallest absolute Gasteiger partial charge is 0.223 e. The fraction of sp³-hybridized carbons (Fsp3) is 0.458. The molecule has 0 radical (unpaired) electrons. The number of hydrogen-bond donors (Lipinski definition) is 1. The van der Waals surface area contributed by atoms with Crippen molar-refractivity contribution in [2.75, 3.05) is 13.1 Å². The first-order valence-electron chi connectivity index (χ1n) is 10.5. The molecule has 0 unspecified atom stereocenters. The molecule has 1 N–H and O–H groups in total. The molecule has 1 saturated heterocycles. The Bertz CT molecular complexity index is 825. The molecule has 0 aromatic heterocycles. The fourth-order valence-corrected chi connectivity index (χ4v) is 4.51. The van der Waals surface area contributed by atoms with Crippen LogP contribution in [0.5, 0.6) is 0 Å². The van der Waals surface area contributed by atoms with E-state index < -0.39 is 0 Å². The van der Waals surface area contributed by atoms with Gasteiger partial charge in [-0.1, -0.05) is 61.3 Å². The average Bonchev–Trinajstić information content (AvgIpc) is 2.75. The first-order valence-corrected chi connectivity index (χ1v) is 11.3. The number of rotatable bonds is 7. The van der Waals surface area contributed by atoms with Crippen LogP contribution in [0.15, 0.2) is 36.4 Å². The van der Waals surface area contributed by atoms with E-state index >= 15 is 0 Å². The fourth-order valence-electron chi connectivity index (χ4n) is 4.00. The maximum absolute atomic E-state index is 12.7. The number of benzene rings is 2. The van der Waals surface area contributed by atoms with E-state index in [0.29, 0.717) is 16.6 Å². The Hall–Kier alpha value is -1.55. The molecular formula is C24H30Cl2N2O. The van der Waals surface area contributed by atoms with Crippen molar-refractivity contribution in [3.05, 3.63) is 68.7 Å². The number of carbonyl (C=O) groups excluding carboxylic acids is 1. The summed E-state index contributed by atoms with van der Waals surface area (Å²) in [6.07, 6.45) is 3.73. The van der Waals surface area contributed by atoms with Gasteiger partial charge in [-0.3, -0.25) is 9.69 Å². The maximum atomic E-state index is 12.7. The van der Waals surface area contributed by atoms with Crippen LogP contribution in [-0.4, -0.2) is 23.9 Å². The molecule has 0 spiro atoms. The van der Waals surface area contributed by atoms with Crippen LogP contribution >= 0.6 is 23.2 Å². The number of carbonyl (C=O) groups is 1. The minimum atomic E-state index is 0.0763. The highest BCUT2D eigenvalue weighted by molar-refractivity contribution is 6.35. The lowest BCUT2D eigenvalue weighted by Gasteiger charge is -2.31. The highest BCUT2D eigenvalue weighted by Gasteiger charge is 2.25. The summed E-state index contributed by atoms with van der Waals surface area (Å²) in [5.74, 6) is 0.247. The number of nitrogens with one attached hydrogen (secondary N) is 1. The summed E-state index contributed by atoms with van der Waals surface area (Å²) in [6, 6.07) is 12.2. The molecule has 29 heavy (non-hydrogen) atoms. The van der Waals surface area contributed by atoms with Crippen LogP contribution in [0, 0.1) is 5.92 Å². The van der Waals surface area contributed by atoms with Gasteiger partial charge in [0.15, 0.2) is 0 Å². The van der Waals surface area contributed by atoms with E-state index in [1.807, 2.05) is 18.2 Å². The van der Waals surface area contributed by atoms with Crippen molar-refractivity contribution in [2.45, 2.75) is 52.6 Å². The molecule has 1 fully saturated rings. The molecule has 3 rings (SSSR count). The predicted octanol–water partition coefficient (Wildman–Crippen LogP) is 5.65. The number of amides is 1. The molecule has 1 aliphatic rings. The van der Waals surface area contributed by atoms with Gasteiger partial charge in [0, 0.05) is 34.6 Å². The predicted molar refractivity (Wildman–Crippen MR) is 122 cm³/mol. The Labute approximate surface area is 184 Å². The molecule has 0 saturated carbocycles. The van der Waals surface area contributed by atoms with E-state index in [1.54, 1.807) is 0 Å². The average molecular weight is 433 g/mol. The standard InChI is InChI=1S/C24H30Cl2N2O/c1-3-17-8-9-18(4-2)20(14-17)15-27-24(29)19-10-12-28(13-11-19)16-21-22(25)6-5-7-23(21)26/h5-9,14,19H,3-4,10-13,15-16H2,1-2H3,(H,27,29). The molecule has 5 heteroatoms. The Morgan fingerprint density at radius 2 is 1.72 bits per heavy atom. The highest BCUT2D eigenvalue weighted by atomic mass is 35.5. The van der Waals surface area contributed by atoms with Gasteiger partial charge in [-0.15, -0.1) is 0 Å². The summed E-state index contributed by atoms with van der Waals surface area (Å²) in [5.41, 5.74) is 4.85. The third kappa shape index (κ3) is 5.75. The van der Waals surface area contributed by atoms with Crippen LogP contribution in [0.2, 0.25) is 10.0 Å². The Morgan fingerprint density at radius 3 is 2.34 bits per heavy atom. The summed E-state index contributed by atoms with van der Waals surface area (Å²) in [6.45, 7) is 7.43. The first kappa shape index (κ1) is 22.1. The van der Waals surface area contributed by atoms with Gasteiger partial charge in [-0.2, -0.15) is 0 Å². The number of nitrogens with zero attached hydrogens (tertiary/aromatic N) is 1. The Kier molecular flexibility index (Phi) is 7.99. The van der Waals surface area contributed by atoms with E-state index in [2.05, 4.69) is 42.3 Å². The zero-order valence-electron chi connectivity index (χ0n) is 17.3. The van der Waals surface area contributed by atoms with Crippen LogP contribution in [0.1, 0.15) is 48.9 Å². The van der Waals surface area contributed by atoms with Gasteiger partial charge in [0.2, 0.25) is 5.91 Å². The largest absolute Gasteiger partial charge is 0.352 e. The number of halogens is 2. The van der Waals surface area contributed by atoms with E-state index in [9.17, 15) is 4.79 Å². The van der Waals surface area contributed by atoms with Gasteiger partial charge in [-0.25, -0.2) is 0 Å². The second-order valence-electron chi connectivity index (χ2n) is 7.78. The number of aryl methyl sites for hydroxylation is 2. The summed E-state index contributed by atoms with van der Waals surface area (Å²) in [4.78, 5) is 15.1. The molecule has 1 amide bonds. The van der Waals surface area contributed by atoms with Gasteiger partial charge < -0.3 is 5.32 Å². The Balaban J connectivity index is 1.52. The molecule has 0 aliphatic carbocycles. The third-order valence-corrected chi connectivity index (χ3v) is 6.62. The van der Waals surface area contributed by atoms with Crippen molar-refractivity contribution >= 4 is 29.1 Å². The molecule has 3 nitrogen and oxygen atoms in total. The zero-order chi connectivity index (χ0) is 20.8. The minimum Gasteiger partial charge on any atom is -0.352 e. The van der Waals surface area contributed by atoms with Crippen LogP contribution < -0.4 is 5.32 Å². The topological polar surface area (TPSA) is 32.3 Å². The number of hydrogen-bond acceptors (Lipinski definition) is 2. The van der Waals surface area contributed by atoms with Gasteiger partial charge in [0.25, 0.3) is 0 Å². The molecule has 0 bridgehead atoms. The summed E-state index contributed by atoms with van der Waals surface area (Å²) in [7, 11) is 0. The van der Waals surface area contributed by atoms with E-state index in [4.69, 9.17) is 23.2 Å². The number of likely N-dealkylation sites (tertiary alicyclic amines) is 1. The van der Waals surface area contributed by atoms with Crippen molar-refractivity contribution in [1.29, 1.82) is 0 Å². The molecule has 1 aliphatic heterocycles. The molecular weight excluding hydrogens is 403 g/mol. The van der Waals surface area contributed by atoms with Crippen LogP contribution in [0.25, 0.3) is 0 Å². The van der Waals surface area contributed by atoms with E-state index in [1.165, 1.54) is 16.7 Å². The SMILES string of the molecule is CCc1ccc(CC)c(CNC(=O)C2CCN(Cc3c(Cl)cccc3Cl)CC2)c1. The third-order valence-electron chi connectivity index (χ3n) is 5.91. The highest BCUT2D eigenvalue weighted by Crippen LogP contribution is 2.27. The summed E-state index contributed by atoms with van der Waals surface area (Å²) >= 11 is 12.6.